The topological polar surface area (TPSA) is 85.8 Å². The van der Waals surface area contributed by atoms with Gasteiger partial charge in [-0.15, -0.1) is 5.10 Å². The number of rotatable bonds is 4. The molecule has 0 saturated carbocycles. The maximum absolute atomic E-state index is 12.2. The number of benzene rings is 1. The Balaban J connectivity index is 1.79. The number of amides is 1. The lowest BCUT2D eigenvalue weighted by atomic mass is 10.2. The van der Waals surface area contributed by atoms with Crippen molar-refractivity contribution in [2.75, 3.05) is 5.32 Å². The van der Waals surface area contributed by atoms with Crippen molar-refractivity contribution in [3.8, 4) is 11.5 Å². The van der Waals surface area contributed by atoms with Crippen molar-refractivity contribution in [3.05, 3.63) is 45.7 Å². The Kier molecular flexibility index (Phi) is 4.55. The SMILES string of the molecule is CCn1nc(C(=O)Nc2nnc(-c3ccc(Cl)cc3Cl)o2)cc1C. The number of nitrogens with one attached hydrogen (secondary N) is 1. The summed E-state index contributed by atoms with van der Waals surface area (Å²) in [7, 11) is 0. The second-order valence-corrected chi connectivity index (χ2v) is 5.82. The minimum atomic E-state index is -0.428. The monoisotopic (exact) mass is 365 g/mol. The average Bonchev–Trinajstić information content (AvgIpc) is 3.14. The lowest BCUT2D eigenvalue weighted by Gasteiger charge is -1.99. The number of nitrogens with zero attached hydrogens (tertiary/aromatic N) is 4. The Labute approximate surface area is 147 Å². The number of aryl methyl sites for hydroxylation is 2. The number of aromatic nitrogens is 4. The Morgan fingerprint density at radius 1 is 1.29 bits per heavy atom. The molecular weight excluding hydrogens is 353 g/mol. The van der Waals surface area contributed by atoms with Gasteiger partial charge in [0, 0.05) is 17.3 Å². The van der Waals surface area contributed by atoms with Crippen molar-refractivity contribution in [2.45, 2.75) is 20.4 Å². The van der Waals surface area contributed by atoms with Crippen LogP contribution in [0.1, 0.15) is 23.1 Å². The van der Waals surface area contributed by atoms with Gasteiger partial charge in [-0.05, 0) is 38.1 Å². The van der Waals surface area contributed by atoms with Gasteiger partial charge >= 0.3 is 6.01 Å². The van der Waals surface area contributed by atoms with Gasteiger partial charge in [0.05, 0.1) is 10.6 Å². The molecule has 0 saturated heterocycles. The molecule has 3 aromatic rings. The second-order valence-electron chi connectivity index (χ2n) is 4.98. The molecule has 24 heavy (non-hydrogen) atoms. The van der Waals surface area contributed by atoms with Gasteiger partial charge < -0.3 is 4.42 Å². The molecular formula is C15H13Cl2N5O2. The van der Waals surface area contributed by atoms with Crippen LogP contribution >= 0.6 is 23.2 Å². The highest BCUT2D eigenvalue weighted by Crippen LogP contribution is 2.30. The minimum absolute atomic E-state index is 0.0373. The summed E-state index contributed by atoms with van der Waals surface area (Å²) in [4.78, 5) is 12.2. The third-order valence-corrected chi connectivity index (χ3v) is 3.87. The Bertz CT molecular complexity index is 903. The molecule has 0 radical (unpaired) electrons. The quantitative estimate of drug-likeness (QED) is 0.759. The minimum Gasteiger partial charge on any atom is -0.403 e. The van der Waals surface area contributed by atoms with E-state index in [1.807, 2.05) is 13.8 Å². The molecule has 9 heteroatoms. The number of hydrogen-bond acceptors (Lipinski definition) is 5. The third kappa shape index (κ3) is 3.27. The van der Waals surface area contributed by atoms with E-state index in [1.165, 1.54) is 0 Å². The molecule has 2 heterocycles. The number of halogens is 2. The number of anilines is 1. The zero-order valence-corrected chi connectivity index (χ0v) is 14.4. The van der Waals surface area contributed by atoms with Crippen molar-refractivity contribution in [1.29, 1.82) is 0 Å². The first kappa shape index (κ1) is 16.5. The van der Waals surface area contributed by atoms with Gasteiger partial charge in [-0.1, -0.05) is 28.3 Å². The first-order valence-corrected chi connectivity index (χ1v) is 7.88. The van der Waals surface area contributed by atoms with Crippen molar-refractivity contribution in [2.24, 2.45) is 0 Å². The van der Waals surface area contributed by atoms with E-state index in [2.05, 4.69) is 20.6 Å². The molecule has 0 aliphatic heterocycles. The molecule has 0 atom stereocenters. The van der Waals surface area contributed by atoms with Crippen LogP contribution < -0.4 is 5.32 Å². The van der Waals surface area contributed by atoms with E-state index in [9.17, 15) is 4.79 Å². The summed E-state index contributed by atoms with van der Waals surface area (Å²) in [6.45, 7) is 4.50. The predicted molar refractivity (Wildman–Crippen MR) is 90.3 cm³/mol. The fraction of sp³-hybridized carbons (Fsp3) is 0.200. The van der Waals surface area contributed by atoms with Crippen LogP contribution in [0.3, 0.4) is 0 Å². The molecule has 0 aliphatic rings. The molecule has 1 N–H and O–H groups in total. The summed E-state index contributed by atoms with van der Waals surface area (Å²) in [6.07, 6.45) is 0. The zero-order chi connectivity index (χ0) is 17.3. The summed E-state index contributed by atoms with van der Waals surface area (Å²) in [5, 5.41) is 15.3. The van der Waals surface area contributed by atoms with Crippen LogP contribution in [0.5, 0.6) is 0 Å². The van der Waals surface area contributed by atoms with Crippen LogP contribution in [0.15, 0.2) is 28.7 Å². The fourth-order valence-electron chi connectivity index (χ4n) is 2.15. The molecule has 0 bridgehead atoms. The van der Waals surface area contributed by atoms with Crippen molar-refractivity contribution < 1.29 is 9.21 Å². The molecule has 7 nitrogen and oxygen atoms in total. The van der Waals surface area contributed by atoms with Crippen molar-refractivity contribution in [1.82, 2.24) is 20.0 Å². The number of carbonyl (C=O) groups is 1. The van der Waals surface area contributed by atoms with Crippen LogP contribution in [0.25, 0.3) is 11.5 Å². The van der Waals surface area contributed by atoms with Crippen LogP contribution in [0.2, 0.25) is 10.0 Å². The van der Waals surface area contributed by atoms with Crippen LogP contribution in [-0.4, -0.2) is 25.9 Å². The van der Waals surface area contributed by atoms with E-state index in [0.717, 1.165) is 5.69 Å². The summed E-state index contributed by atoms with van der Waals surface area (Å²) in [5.41, 5.74) is 1.70. The van der Waals surface area contributed by atoms with Gasteiger partial charge in [0.2, 0.25) is 0 Å². The Morgan fingerprint density at radius 2 is 2.08 bits per heavy atom. The third-order valence-electron chi connectivity index (χ3n) is 3.32. The summed E-state index contributed by atoms with van der Waals surface area (Å²) < 4.78 is 7.15. The molecule has 0 unspecified atom stereocenters. The number of carbonyl (C=O) groups excluding carboxylic acids is 1. The molecule has 1 aromatic carbocycles. The highest BCUT2D eigenvalue weighted by molar-refractivity contribution is 6.36. The molecule has 0 aliphatic carbocycles. The van der Waals surface area contributed by atoms with Gasteiger partial charge in [0.25, 0.3) is 11.8 Å². The van der Waals surface area contributed by atoms with E-state index in [0.29, 0.717) is 22.2 Å². The largest absolute Gasteiger partial charge is 0.403 e. The molecule has 3 rings (SSSR count). The van der Waals surface area contributed by atoms with Gasteiger partial charge in [0.15, 0.2) is 5.69 Å². The fourth-order valence-corrected chi connectivity index (χ4v) is 2.64. The second kappa shape index (κ2) is 6.62. The maximum Gasteiger partial charge on any atom is 0.322 e. The van der Waals surface area contributed by atoms with E-state index < -0.39 is 5.91 Å². The highest BCUT2D eigenvalue weighted by Gasteiger charge is 2.17. The van der Waals surface area contributed by atoms with E-state index in [4.69, 9.17) is 27.6 Å². The summed E-state index contributed by atoms with van der Waals surface area (Å²) in [5.74, 6) is -0.245. The molecule has 124 valence electrons. The Morgan fingerprint density at radius 3 is 2.75 bits per heavy atom. The van der Waals surface area contributed by atoms with Crippen LogP contribution in [0.4, 0.5) is 6.01 Å². The van der Waals surface area contributed by atoms with Crippen molar-refractivity contribution in [3.63, 3.8) is 0 Å². The molecule has 1 amide bonds. The van der Waals surface area contributed by atoms with Crippen LogP contribution in [0, 0.1) is 6.92 Å². The smallest absolute Gasteiger partial charge is 0.322 e. The Hall–Kier alpha value is -2.38. The number of hydrogen-bond donors (Lipinski definition) is 1. The molecule has 0 spiro atoms. The van der Waals surface area contributed by atoms with Gasteiger partial charge in [-0.3, -0.25) is 14.8 Å². The first-order chi connectivity index (χ1) is 11.5. The van der Waals surface area contributed by atoms with Gasteiger partial charge in [-0.25, -0.2) is 0 Å². The average molecular weight is 366 g/mol. The first-order valence-electron chi connectivity index (χ1n) is 7.12. The van der Waals surface area contributed by atoms with E-state index in [-0.39, 0.29) is 17.6 Å². The maximum atomic E-state index is 12.2. The summed E-state index contributed by atoms with van der Waals surface area (Å²) >= 11 is 12.0. The predicted octanol–water partition coefficient (Wildman–Crippen LogP) is 3.82. The zero-order valence-electron chi connectivity index (χ0n) is 12.9. The van der Waals surface area contributed by atoms with E-state index >= 15 is 0 Å². The van der Waals surface area contributed by atoms with Gasteiger partial charge in [-0.2, -0.15) is 5.10 Å². The molecule has 2 aromatic heterocycles. The summed E-state index contributed by atoms with van der Waals surface area (Å²) in [6, 6.07) is 6.54. The van der Waals surface area contributed by atoms with E-state index in [1.54, 1.807) is 28.9 Å². The lowest BCUT2D eigenvalue weighted by molar-refractivity contribution is 0.101. The van der Waals surface area contributed by atoms with Gasteiger partial charge in [0.1, 0.15) is 0 Å². The standard InChI is InChI=1S/C15H13Cl2N5O2/c1-3-22-8(2)6-12(21-22)13(23)18-15-20-19-14(24-15)10-5-4-9(16)7-11(10)17/h4-7H,3H2,1-2H3,(H,18,20,23). The lowest BCUT2D eigenvalue weighted by Crippen LogP contribution is -2.13. The van der Waals surface area contributed by atoms with Crippen LogP contribution in [-0.2, 0) is 6.54 Å². The highest BCUT2D eigenvalue weighted by atomic mass is 35.5. The normalized spacial score (nSPS) is 10.8. The van der Waals surface area contributed by atoms with Crippen molar-refractivity contribution >= 4 is 35.1 Å². The molecule has 0 fully saturated rings.